The Morgan fingerprint density at radius 3 is 2.76 bits per heavy atom. The molecule has 0 amide bonds. The molecule has 0 atom stereocenters. The molecule has 0 bridgehead atoms. The van der Waals surface area contributed by atoms with Gasteiger partial charge in [-0.3, -0.25) is 0 Å². The molecule has 3 aromatic rings. The smallest absolute Gasteiger partial charge is 0.341 e. The summed E-state index contributed by atoms with van der Waals surface area (Å²) in [5, 5.41) is 0.600. The fourth-order valence-electron chi connectivity index (χ4n) is 3.76. The first-order valence-electron chi connectivity index (χ1n) is 10.7. The zero-order chi connectivity index (χ0) is 23.4. The molecule has 1 fully saturated rings. The van der Waals surface area contributed by atoms with Crippen molar-refractivity contribution in [2.45, 2.75) is 36.4 Å². The number of carbonyl (C=O) groups excluding carboxylic acids is 1. The number of pyridine rings is 1. The first kappa shape index (κ1) is 23.7. The number of aromatic nitrogens is 3. The number of esters is 1. The maximum atomic E-state index is 13.0. The molecule has 0 N–H and O–H groups in total. The standard InChI is InChI=1S/C22H26N4O5S2/c1-3-9-26-19-7-6-16(33(28,29)25-10-12-30-13-11-25)14-18(19)24-20(26)15-31-22(27)17-5-4-8-23-21(17)32-2/h4-8,14H,3,9-13,15H2,1-2H3. The quantitative estimate of drug-likeness (QED) is 0.351. The summed E-state index contributed by atoms with van der Waals surface area (Å²) < 4.78 is 40.3. The predicted molar refractivity (Wildman–Crippen MR) is 125 cm³/mol. The molecule has 0 radical (unpaired) electrons. The maximum Gasteiger partial charge on any atom is 0.341 e. The topological polar surface area (TPSA) is 104 Å². The van der Waals surface area contributed by atoms with Gasteiger partial charge < -0.3 is 14.0 Å². The minimum Gasteiger partial charge on any atom is -0.454 e. The Morgan fingerprint density at radius 1 is 1.24 bits per heavy atom. The molecule has 0 unspecified atom stereocenters. The molecule has 9 nitrogen and oxygen atoms in total. The molecule has 1 saturated heterocycles. The SMILES string of the molecule is CCCn1c(COC(=O)c2cccnc2SC)nc2cc(S(=O)(=O)N3CCOCC3)ccc21. The highest BCUT2D eigenvalue weighted by Gasteiger charge is 2.27. The second kappa shape index (κ2) is 10.2. The van der Waals surface area contributed by atoms with Crippen LogP contribution in [0.5, 0.6) is 0 Å². The Hall–Kier alpha value is -2.47. The van der Waals surface area contributed by atoms with Crippen molar-refractivity contribution in [2.24, 2.45) is 0 Å². The number of benzene rings is 1. The van der Waals surface area contributed by atoms with E-state index in [0.29, 0.717) is 54.8 Å². The summed E-state index contributed by atoms with van der Waals surface area (Å²) in [6, 6.07) is 8.34. The van der Waals surface area contributed by atoms with E-state index in [0.717, 1.165) is 11.9 Å². The average Bonchev–Trinajstić information content (AvgIpc) is 3.20. The minimum atomic E-state index is -3.63. The van der Waals surface area contributed by atoms with Gasteiger partial charge in [-0.1, -0.05) is 6.92 Å². The van der Waals surface area contributed by atoms with E-state index in [1.807, 2.05) is 17.7 Å². The number of nitrogens with zero attached hydrogens (tertiary/aromatic N) is 4. The van der Waals surface area contributed by atoms with Crippen LogP contribution in [0.25, 0.3) is 11.0 Å². The van der Waals surface area contributed by atoms with Crippen LogP contribution in [-0.2, 0) is 32.6 Å². The lowest BCUT2D eigenvalue weighted by atomic mass is 10.3. The Kier molecular flexibility index (Phi) is 7.32. The van der Waals surface area contributed by atoms with Gasteiger partial charge in [-0.15, -0.1) is 11.8 Å². The molecule has 176 valence electrons. The summed E-state index contributed by atoms with van der Waals surface area (Å²) in [4.78, 5) is 21.6. The van der Waals surface area contributed by atoms with Crippen molar-refractivity contribution in [3.8, 4) is 0 Å². The van der Waals surface area contributed by atoms with Crippen LogP contribution >= 0.6 is 11.8 Å². The molecule has 4 rings (SSSR count). The van der Waals surface area contributed by atoms with Crippen LogP contribution < -0.4 is 0 Å². The highest BCUT2D eigenvalue weighted by molar-refractivity contribution is 7.98. The third kappa shape index (κ3) is 4.91. The number of thioether (sulfide) groups is 1. The van der Waals surface area contributed by atoms with Crippen molar-refractivity contribution < 1.29 is 22.7 Å². The fraction of sp³-hybridized carbons (Fsp3) is 0.409. The molecule has 11 heteroatoms. The molecular formula is C22H26N4O5S2. The molecule has 33 heavy (non-hydrogen) atoms. The summed E-state index contributed by atoms with van der Waals surface area (Å²) in [7, 11) is -3.63. The van der Waals surface area contributed by atoms with Gasteiger partial charge in [0.05, 0.1) is 34.7 Å². The van der Waals surface area contributed by atoms with Gasteiger partial charge in [-0.25, -0.2) is 23.2 Å². The molecule has 1 aliphatic heterocycles. The Balaban J connectivity index is 1.61. The number of sulfonamides is 1. The second-order valence-electron chi connectivity index (χ2n) is 7.48. The molecule has 0 saturated carbocycles. The summed E-state index contributed by atoms with van der Waals surface area (Å²) in [5.74, 6) is 0.0915. The third-order valence-corrected chi connectivity index (χ3v) is 7.98. The third-order valence-electron chi connectivity index (χ3n) is 5.37. The second-order valence-corrected chi connectivity index (χ2v) is 10.2. The first-order chi connectivity index (χ1) is 16.0. The van der Waals surface area contributed by atoms with E-state index >= 15 is 0 Å². The van der Waals surface area contributed by atoms with Crippen LogP contribution in [0.1, 0.15) is 29.5 Å². The molecule has 0 spiro atoms. The van der Waals surface area contributed by atoms with E-state index in [2.05, 4.69) is 9.97 Å². The first-order valence-corrected chi connectivity index (χ1v) is 13.4. The number of ether oxygens (including phenoxy) is 2. The van der Waals surface area contributed by atoms with Crippen LogP contribution in [0, 0.1) is 0 Å². The number of hydrogen-bond donors (Lipinski definition) is 0. The zero-order valence-electron chi connectivity index (χ0n) is 18.6. The lowest BCUT2D eigenvalue weighted by molar-refractivity contribution is 0.0453. The van der Waals surface area contributed by atoms with Gasteiger partial charge in [-0.05, 0) is 43.0 Å². The van der Waals surface area contributed by atoms with Crippen LogP contribution in [0.15, 0.2) is 46.5 Å². The summed E-state index contributed by atoms with van der Waals surface area (Å²) in [6.45, 7) is 4.12. The number of aryl methyl sites for hydroxylation is 1. The average molecular weight is 491 g/mol. The van der Waals surface area contributed by atoms with Gasteiger partial charge in [0.25, 0.3) is 0 Å². The Labute approximate surface area is 197 Å². The number of carbonyl (C=O) groups is 1. The molecule has 0 aliphatic carbocycles. The van der Waals surface area contributed by atoms with E-state index in [1.165, 1.54) is 16.1 Å². The van der Waals surface area contributed by atoms with Gasteiger partial charge in [0.15, 0.2) is 0 Å². The van der Waals surface area contributed by atoms with Crippen LogP contribution in [-0.4, -0.2) is 65.8 Å². The van der Waals surface area contributed by atoms with Crippen molar-refractivity contribution >= 4 is 38.8 Å². The fourth-order valence-corrected chi connectivity index (χ4v) is 5.72. The number of morpholine rings is 1. The number of rotatable bonds is 8. The van der Waals surface area contributed by atoms with E-state index in [-0.39, 0.29) is 11.5 Å². The molecular weight excluding hydrogens is 464 g/mol. The van der Waals surface area contributed by atoms with Crippen LogP contribution in [0.2, 0.25) is 0 Å². The van der Waals surface area contributed by atoms with E-state index < -0.39 is 16.0 Å². The summed E-state index contributed by atoms with van der Waals surface area (Å²) >= 11 is 1.37. The van der Waals surface area contributed by atoms with Gasteiger partial charge in [0.2, 0.25) is 10.0 Å². The van der Waals surface area contributed by atoms with Crippen molar-refractivity contribution in [1.29, 1.82) is 0 Å². The van der Waals surface area contributed by atoms with Crippen molar-refractivity contribution in [3.63, 3.8) is 0 Å². The van der Waals surface area contributed by atoms with Crippen molar-refractivity contribution in [3.05, 3.63) is 47.9 Å². The van der Waals surface area contributed by atoms with Gasteiger partial charge in [0, 0.05) is 25.8 Å². The van der Waals surface area contributed by atoms with Gasteiger partial charge in [-0.2, -0.15) is 4.31 Å². The molecule has 3 heterocycles. The van der Waals surface area contributed by atoms with E-state index in [9.17, 15) is 13.2 Å². The van der Waals surface area contributed by atoms with E-state index in [1.54, 1.807) is 36.5 Å². The Morgan fingerprint density at radius 2 is 2.03 bits per heavy atom. The lowest BCUT2D eigenvalue weighted by Crippen LogP contribution is -2.40. The summed E-state index contributed by atoms with van der Waals surface area (Å²) in [5.41, 5.74) is 1.76. The monoisotopic (exact) mass is 490 g/mol. The number of hydrogen-bond acceptors (Lipinski definition) is 8. The number of fused-ring (bicyclic) bond motifs is 1. The largest absolute Gasteiger partial charge is 0.454 e. The van der Waals surface area contributed by atoms with Crippen molar-refractivity contribution in [1.82, 2.24) is 18.8 Å². The zero-order valence-corrected chi connectivity index (χ0v) is 20.2. The normalized spacial score (nSPS) is 15.1. The lowest BCUT2D eigenvalue weighted by Gasteiger charge is -2.26. The highest BCUT2D eigenvalue weighted by atomic mass is 32.2. The van der Waals surface area contributed by atoms with Crippen molar-refractivity contribution in [2.75, 3.05) is 32.6 Å². The van der Waals surface area contributed by atoms with Gasteiger partial charge >= 0.3 is 5.97 Å². The number of imidazole rings is 1. The molecule has 1 aromatic carbocycles. The highest BCUT2D eigenvalue weighted by Crippen LogP contribution is 2.25. The summed E-state index contributed by atoms with van der Waals surface area (Å²) in [6.07, 6.45) is 4.33. The Bertz CT molecular complexity index is 1250. The van der Waals surface area contributed by atoms with Gasteiger partial charge in [0.1, 0.15) is 17.5 Å². The van der Waals surface area contributed by atoms with Crippen LogP contribution in [0.4, 0.5) is 0 Å². The van der Waals surface area contributed by atoms with E-state index in [4.69, 9.17) is 9.47 Å². The molecule has 1 aliphatic rings. The maximum absolute atomic E-state index is 13.0. The predicted octanol–water partition coefficient (Wildman–Crippen LogP) is 2.94. The van der Waals surface area contributed by atoms with Crippen LogP contribution in [0.3, 0.4) is 0 Å². The molecule has 2 aromatic heterocycles. The minimum absolute atomic E-state index is 0.0260.